The maximum absolute atomic E-state index is 6.89. The predicted molar refractivity (Wildman–Crippen MR) is 308 cm³/mol. The summed E-state index contributed by atoms with van der Waals surface area (Å²) in [5.41, 5.74) is 17.2. The summed E-state index contributed by atoms with van der Waals surface area (Å²) < 4.78 is 11.5. The Morgan fingerprint density at radius 1 is 0.622 bits per heavy atom. The average Bonchev–Trinajstić information content (AvgIpc) is 4.09. The van der Waals surface area contributed by atoms with Gasteiger partial charge < -0.3 is 18.5 Å². The van der Waals surface area contributed by atoms with Crippen LogP contribution in [-0.2, 0) is 26.5 Å². The molecule has 0 amide bonds. The molecule has 12 aromatic rings. The van der Waals surface area contributed by atoms with Gasteiger partial charge in [-0.1, -0.05) is 169 Å². The Morgan fingerprint density at radius 3 is 1.89 bits per heavy atom. The third-order valence-corrected chi connectivity index (χ3v) is 16.2. The molecule has 7 aromatic carbocycles. The number of pyridine rings is 2. The predicted octanol–water partition coefficient (Wildman–Crippen LogP) is 17.1. The number of hydrogen-bond donors (Lipinski definition) is 0. The molecule has 1 radical (unpaired) electrons. The summed E-state index contributed by atoms with van der Waals surface area (Å²) in [5, 5.41) is 5.91. The largest absolute Gasteiger partial charge is 0.474 e. The fourth-order valence-electron chi connectivity index (χ4n) is 10.7. The van der Waals surface area contributed by atoms with Crippen molar-refractivity contribution >= 4 is 68.0 Å². The number of para-hydroxylation sites is 3. The molecule has 0 aliphatic carbocycles. The van der Waals surface area contributed by atoms with Crippen LogP contribution in [-0.4, -0.2) is 32.2 Å². The number of nitrogens with zero attached hydrogens (tertiary/aromatic N) is 5. The number of hydrogen-bond acceptors (Lipinski definition) is 4. The van der Waals surface area contributed by atoms with Crippen LogP contribution in [0.4, 0.5) is 0 Å². The van der Waals surface area contributed by atoms with Crippen LogP contribution in [0.5, 0.6) is 0 Å². The Kier molecular flexibility index (Phi) is 14.0. The van der Waals surface area contributed by atoms with Gasteiger partial charge in [0.25, 0.3) is 0 Å². The number of imidazole rings is 1. The summed E-state index contributed by atoms with van der Waals surface area (Å²) in [6.45, 7) is 20.9. The van der Waals surface area contributed by atoms with Crippen LogP contribution in [0, 0.1) is 18.1 Å². The summed E-state index contributed by atoms with van der Waals surface area (Å²) in [7, 11) is -1.34. The van der Waals surface area contributed by atoms with Crippen molar-refractivity contribution < 1.29 is 24.5 Å². The molecule has 0 spiro atoms. The van der Waals surface area contributed by atoms with Crippen molar-refractivity contribution in [1.82, 2.24) is 24.1 Å². The number of rotatable bonds is 10. The van der Waals surface area contributed by atoms with E-state index in [1.807, 2.05) is 42.7 Å². The molecule has 0 aliphatic rings. The van der Waals surface area contributed by atoms with Gasteiger partial charge in [0.1, 0.15) is 5.58 Å². The molecule has 0 bridgehead atoms. The summed E-state index contributed by atoms with van der Waals surface area (Å²) in [5.74, 6) is 1.96. The molecule has 0 saturated carbocycles. The summed E-state index contributed by atoms with van der Waals surface area (Å²) in [4.78, 5) is 14.7. The van der Waals surface area contributed by atoms with Crippen molar-refractivity contribution in [1.29, 1.82) is 0 Å². The topological polar surface area (TPSA) is 61.7 Å². The molecule has 0 atom stereocenters. The summed E-state index contributed by atoms with van der Waals surface area (Å²) in [6.07, 6.45) is 7.01. The number of benzene rings is 7. The standard InChI is InChI=1S/C48H37N4O.C18H24NSi.Ir/c1-29(2)37-26-32(31-14-6-5-7-15-31)27-38(30(3)4)46(37)52-43-28-49-25-24-39(43)50-48(52)36-22-23-42(47-45(36)35-18-10-13-21-44(35)53-47)51-40-19-11-8-16-33(40)34-17-9-12-20-41(34)51;1-14(2)11-16-12-17(15-9-7-6-8-10-15)19-13-18(16)20(3,4)5;/h5-21,23-30H,1-4H3;6-9,12-14H,11H2,1-5H3;/q2*-1;. The zero-order chi connectivity index (χ0) is 50.5. The molecule has 0 N–H and O–H groups in total. The van der Waals surface area contributed by atoms with E-state index in [1.165, 1.54) is 43.8 Å². The molecule has 12 rings (SSSR count). The molecule has 6 nitrogen and oxygen atoms in total. The molecule has 5 heterocycles. The van der Waals surface area contributed by atoms with Crippen LogP contribution in [0.3, 0.4) is 0 Å². The van der Waals surface area contributed by atoms with Crippen LogP contribution in [0.15, 0.2) is 181 Å². The van der Waals surface area contributed by atoms with Gasteiger partial charge >= 0.3 is 0 Å². The number of fused-ring (bicyclic) bond motifs is 7. The normalized spacial score (nSPS) is 11.9. The van der Waals surface area contributed by atoms with Gasteiger partial charge in [-0.3, -0.25) is 9.97 Å². The first kappa shape index (κ1) is 50.3. The fraction of sp³-hybridized carbons (Fsp3) is 0.197. The first-order chi connectivity index (χ1) is 35.4. The van der Waals surface area contributed by atoms with E-state index in [9.17, 15) is 0 Å². The van der Waals surface area contributed by atoms with Gasteiger partial charge in [0.05, 0.1) is 36.7 Å². The molecule has 0 unspecified atom stereocenters. The minimum absolute atomic E-state index is 0. The van der Waals surface area contributed by atoms with E-state index < -0.39 is 8.07 Å². The van der Waals surface area contributed by atoms with Gasteiger partial charge in [-0.25, -0.2) is 0 Å². The van der Waals surface area contributed by atoms with Gasteiger partial charge in [-0.05, 0) is 99.1 Å². The Bertz CT molecular complexity index is 3890. The number of aromatic nitrogens is 5. The van der Waals surface area contributed by atoms with E-state index in [0.29, 0.717) is 5.92 Å². The van der Waals surface area contributed by atoms with Crippen LogP contribution in [0.2, 0.25) is 19.6 Å². The van der Waals surface area contributed by atoms with E-state index >= 15 is 0 Å². The second-order valence-corrected chi connectivity index (χ2v) is 26.4. The van der Waals surface area contributed by atoms with Crippen molar-refractivity contribution in [2.24, 2.45) is 5.92 Å². The third kappa shape index (κ3) is 9.25. The Labute approximate surface area is 449 Å². The Hall–Kier alpha value is -7.22. The molecular weight excluding hydrogens is 1100 g/mol. The maximum atomic E-state index is 6.89. The monoisotopic (exact) mass is 1160 g/mol. The van der Waals surface area contributed by atoms with E-state index in [4.69, 9.17) is 9.40 Å². The van der Waals surface area contributed by atoms with Crippen molar-refractivity contribution in [3.63, 3.8) is 0 Å². The first-order valence-electron chi connectivity index (χ1n) is 25.7. The van der Waals surface area contributed by atoms with Crippen LogP contribution in [0.25, 0.3) is 99.9 Å². The van der Waals surface area contributed by atoms with Gasteiger partial charge in [0.15, 0.2) is 0 Å². The minimum atomic E-state index is -1.34. The zero-order valence-electron chi connectivity index (χ0n) is 43.7. The van der Waals surface area contributed by atoms with Crippen molar-refractivity contribution in [3.8, 4) is 45.1 Å². The van der Waals surface area contributed by atoms with Gasteiger partial charge in [0, 0.05) is 65.7 Å². The molecule has 0 fully saturated rings. The molecule has 5 aromatic heterocycles. The average molecular weight is 1160 g/mol. The molecular formula is C66H61IrN5OSi-2. The maximum Gasteiger partial charge on any atom is 0.123 e. The second kappa shape index (κ2) is 20.6. The quantitative estimate of drug-likeness (QED) is 0.101. The molecule has 371 valence electrons. The smallest absolute Gasteiger partial charge is 0.123 e. The minimum Gasteiger partial charge on any atom is -0.474 e. The van der Waals surface area contributed by atoms with Crippen molar-refractivity contribution in [3.05, 3.63) is 205 Å². The molecule has 0 aliphatic heterocycles. The van der Waals surface area contributed by atoms with E-state index in [1.54, 1.807) is 0 Å². The zero-order valence-corrected chi connectivity index (χ0v) is 47.1. The van der Waals surface area contributed by atoms with Gasteiger partial charge in [-0.15, -0.1) is 48.0 Å². The first-order valence-corrected chi connectivity index (χ1v) is 29.2. The molecule has 74 heavy (non-hydrogen) atoms. The van der Waals surface area contributed by atoms with Crippen LogP contribution in [0.1, 0.15) is 70.1 Å². The Balaban J connectivity index is 0.000000252. The fourth-order valence-corrected chi connectivity index (χ4v) is 12.3. The van der Waals surface area contributed by atoms with Gasteiger partial charge in [0.2, 0.25) is 0 Å². The van der Waals surface area contributed by atoms with E-state index in [-0.39, 0.29) is 31.9 Å². The van der Waals surface area contributed by atoms with Gasteiger partial charge in [-0.2, -0.15) is 0 Å². The van der Waals surface area contributed by atoms with E-state index in [0.717, 1.165) is 84.4 Å². The second-order valence-electron chi connectivity index (χ2n) is 21.4. The van der Waals surface area contributed by atoms with Crippen LogP contribution >= 0.6 is 0 Å². The van der Waals surface area contributed by atoms with Crippen molar-refractivity contribution in [2.45, 2.75) is 79.4 Å². The SMILES string of the molecule is CC(C)Cc1cc(-c2[c-]cccc2)ncc1[Si](C)(C)C.CC(C)c1cc(-c2ccccc2)cc(C(C)C)c1-n1c(-c2[c-]cc(-n3c4ccccc4c4ccccc43)c3oc4ccccc4c23)nc2ccncc21.[Ir]. The number of furan rings is 1. The molecule has 8 heteroatoms. The third-order valence-electron chi connectivity index (χ3n) is 14.1. The summed E-state index contributed by atoms with van der Waals surface area (Å²) >= 11 is 0. The Morgan fingerprint density at radius 2 is 1.26 bits per heavy atom. The summed E-state index contributed by atoms with van der Waals surface area (Å²) in [6, 6.07) is 62.4. The van der Waals surface area contributed by atoms with Crippen molar-refractivity contribution in [2.75, 3.05) is 0 Å². The van der Waals surface area contributed by atoms with Crippen LogP contribution < -0.4 is 5.19 Å². The van der Waals surface area contributed by atoms with E-state index in [2.05, 4.69) is 226 Å². The molecule has 0 saturated heterocycles.